The van der Waals surface area contributed by atoms with Gasteiger partial charge in [-0.3, -0.25) is 4.79 Å². The predicted molar refractivity (Wildman–Crippen MR) is 107 cm³/mol. The van der Waals surface area contributed by atoms with Crippen molar-refractivity contribution in [2.75, 3.05) is 13.1 Å². The maximum absolute atomic E-state index is 12.8. The van der Waals surface area contributed by atoms with Crippen LogP contribution < -0.4 is 5.32 Å². The van der Waals surface area contributed by atoms with E-state index in [0.29, 0.717) is 23.7 Å². The minimum Gasteiger partial charge on any atom is -0.345 e. The largest absolute Gasteiger partial charge is 0.345 e. The Labute approximate surface area is 165 Å². The second-order valence-corrected chi connectivity index (χ2v) is 9.15. The van der Waals surface area contributed by atoms with Crippen LogP contribution in [0.1, 0.15) is 47.3 Å². The van der Waals surface area contributed by atoms with Gasteiger partial charge in [-0.1, -0.05) is 35.9 Å². The number of nitrogens with one attached hydrogen (secondary N) is 1. The molecular formula is C20H23ClN2O3S. The Kier molecular flexibility index (Phi) is 5.89. The van der Waals surface area contributed by atoms with Gasteiger partial charge in [-0.2, -0.15) is 4.31 Å². The first-order chi connectivity index (χ1) is 12.8. The lowest BCUT2D eigenvalue weighted by atomic mass is 10.1. The molecule has 0 unspecified atom stereocenters. The van der Waals surface area contributed by atoms with Crippen molar-refractivity contribution in [3.63, 3.8) is 0 Å². The molecule has 0 aromatic heterocycles. The number of carbonyl (C=O) groups excluding carboxylic acids is 1. The lowest BCUT2D eigenvalue weighted by Gasteiger charge is -2.19. The first-order valence-corrected chi connectivity index (χ1v) is 10.8. The molecule has 2 aromatic carbocycles. The summed E-state index contributed by atoms with van der Waals surface area (Å²) in [4.78, 5) is 13.0. The van der Waals surface area contributed by atoms with Crippen molar-refractivity contribution in [2.45, 2.75) is 37.6 Å². The molecule has 5 nitrogen and oxygen atoms in total. The number of amides is 1. The lowest BCUT2D eigenvalue weighted by molar-refractivity contribution is 0.0939. The Hall–Kier alpha value is -1.89. The van der Waals surface area contributed by atoms with Crippen molar-refractivity contribution in [3.8, 4) is 0 Å². The highest BCUT2D eigenvalue weighted by Crippen LogP contribution is 2.25. The summed E-state index contributed by atoms with van der Waals surface area (Å²) in [6, 6.07) is 11.7. The smallest absolute Gasteiger partial charge is 0.252 e. The zero-order valence-electron chi connectivity index (χ0n) is 15.4. The Balaban J connectivity index is 1.86. The molecule has 1 fully saturated rings. The zero-order valence-corrected chi connectivity index (χ0v) is 17.0. The third-order valence-corrected chi connectivity index (χ3v) is 7.11. The van der Waals surface area contributed by atoms with Gasteiger partial charge in [0, 0.05) is 23.7 Å². The quantitative estimate of drug-likeness (QED) is 0.818. The fourth-order valence-corrected chi connectivity index (χ4v) is 5.11. The van der Waals surface area contributed by atoms with Crippen molar-refractivity contribution in [2.24, 2.45) is 0 Å². The maximum Gasteiger partial charge on any atom is 0.252 e. The fourth-order valence-electron chi connectivity index (χ4n) is 3.26. The summed E-state index contributed by atoms with van der Waals surface area (Å²) in [6.07, 6.45) is 1.74. The van der Waals surface area contributed by atoms with E-state index in [1.165, 1.54) is 10.4 Å². The van der Waals surface area contributed by atoms with E-state index >= 15 is 0 Å². The predicted octanol–water partition coefficient (Wildman–Crippen LogP) is 3.92. The summed E-state index contributed by atoms with van der Waals surface area (Å²) >= 11 is 6.20. The van der Waals surface area contributed by atoms with Gasteiger partial charge in [0.05, 0.1) is 10.9 Å². The van der Waals surface area contributed by atoms with Crippen LogP contribution in [0.4, 0.5) is 0 Å². The van der Waals surface area contributed by atoms with E-state index in [1.54, 1.807) is 25.1 Å². The number of benzene rings is 2. The molecule has 144 valence electrons. The molecule has 1 heterocycles. The van der Waals surface area contributed by atoms with Gasteiger partial charge in [-0.05, 0) is 56.0 Å². The fraction of sp³-hybridized carbons (Fsp3) is 0.350. The standard InChI is InChI=1S/C20H23ClN2O3S/c1-14-9-10-16(27(25,26)23-11-5-6-12-23)13-18(14)20(24)22-15(2)17-7-3-4-8-19(17)21/h3-4,7-10,13,15H,5-6,11-12H2,1-2H3,(H,22,24)/t15-/m0/s1. The molecule has 1 aliphatic heterocycles. The van der Waals surface area contributed by atoms with Crippen molar-refractivity contribution in [1.82, 2.24) is 9.62 Å². The van der Waals surface area contributed by atoms with Gasteiger partial charge >= 0.3 is 0 Å². The van der Waals surface area contributed by atoms with E-state index in [1.807, 2.05) is 25.1 Å². The van der Waals surface area contributed by atoms with E-state index in [0.717, 1.165) is 24.0 Å². The SMILES string of the molecule is Cc1ccc(S(=O)(=O)N2CCCC2)cc1C(=O)N[C@@H](C)c1ccccc1Cl. The molecule has 0 saturated carbocycles. The molecule has 7 heteroatoms. The second-order valence-electron chi connectivity index (χ2n) is 6.80. The topological polar surface area (TPSA) is 66.5 Å². The average Bonchev–Trinajstić information content (AvgIpc) is 3.17. The molecule has 1 saturated heterocycles. The highest BCUT2D eigenvalue weighted by atomic mass is 35.5. The minimum atomic E-state index is -3.57. The normalized spacial score (nSPS) is 16.3. The monoisotopic (exact) mass is 406 g/mol. The van der Waals surface area contributed by atoms with Crippen LogP contribution in [0.5, 0.6) is 0 Å². The van der Waals surface area contributed by atoms with Crippen LogP contribution in [0.15, 0.2) is 47.4 Å². The molecule has 1 amide bonds. The highest BCUT2D eigenvalue weighted by molar-refractivity contribution is 7.89. The molecule has 3 rings (SSSR count). The number of nitrogens with zero attached hydrogens (tertiary/aromatic N) is 1. The number of carbonyl (C=O) groups is 1. The van der Waals surface area contributed by atoms with Gasteiger partial charge in [0.1, 0.15) is 0 Å². The van der Waals surface area contributed by atoms with E-state index in [4.69, 9.17) is 11.6 Å². The van der Waals surface area contributed by atoms with Gasteiger partial charge in [0.15, 0.2) is 0 Å². The summed E-state index contributed by atoms with van der Waals surface area (Å²) in [5.74, 6) is -0.321. The number of rotatable bonds is 5. The Morgan fingerprint density at radius 1 is 1.15 bits per heavy atom. The van der Waals surface area contributed by atoms with Crippen LogP contribution in [0.2, 0.25) is 5.02 Å². The van der Waals surface area contributed by atoms with E-state index in [-0.39, 0.29) is 16.8 Å². The molecule has 0 aliphatic carbocycles. The molecule has 1 atom stereocenters. The summed E-state index contributed by atoms with van der Waals surface area (Å²) in [7, 11) is -3.57. The minimum absolute atomic E-state index is 0.158. The van der Waals surface area contributed by atoms with Crippen molar-refractivity contribution >= 4 is 27.5 Å². The van der Waals surface area contributed by atoms with Gasteiger partial charge in [0.2, 0.25) is 10.0 Å². The summed E-state index contributed by atoms with van der Waals surface area (Å²) < 4.78 is 27.0. The number of sulfonamides is 1. The lowest BCUT2D eigenvalue weighted by Crippen LogP contribution is -2.30. The zero-order chi connectivity index (χ0) is 19.6. The molecular weight excluding hydrogens is 384 g/mol. The van der Waals surface area contributed by atoms with Gasteiger partial charge < -0.3 is 5.32 Å². The van der Waals surface area contributed by atoms with Gasteiger partial charge in [0.25, 0.3) is 5.91 Å². The van der Waals surface area contributed by atoms with Crippen LogP contribution in [0.25, 0.3) is 0 Å². The van der Waals surface area contributed by atoms with E-state index in [9.17, 15) is 13.2 Å². The molecule has 2 aromatic rings. The molecule has 1 aliphatic rings. The summed E-state index contributed by atoms with van der Waals surface area (Å²) in [6.45, 7) is 4.70. The van der Waals surface area contributed by atoms with Gasteiger partial charge in [-0.15, -0.1) is 0 Å². The Morgan fingerprint density at radius 2 is 1.81 bits per heavy atom. The molecule has 27 heavy (non-hydrogen) atoms. The highest BCUT2D eigenvalue weighted by Gasteiger charge is 2.28. The number of halogens is 1. The number of hydrogen-bond donors (Lipinski definition) is 1. The number of aryl methyl sites for hydroxylation is 1. The van der Waals surface area contributed by atoms with Crippen LogP contribution in [-0.4, -0.2) is 31.7 Å². The van der Waals surface area contributed by atoms with Gasteiger partial charge in [-0.25, -0.2) is 8.42 Å². The third kappa shape index (κ3) is 4.18. The Bertz CT molecular complexity index is 953. The van der Waals surface area contributed by atoms with Crippen molar-refractivity contribution < 1.29 is 13.2 Å². The first-order valence-electron chi connectivity index (χ1n) is 8.97. The second kappa shape index (κ2) is 8.00. The summed E-state index contributed by atoms with van der Waals surface area (Å²) in [5.41, 5.74) is 1.89. The van der Waals surface area contributed by atoms with Crippen LogP contribution >= 0.6 is 11.6 Å². The van der Waals surface area contributed by atoms with Crippen molar-refractivity contribution in [1.29, 1.82) is 0 Å². The molecule has 0 bridgehead atoms. The maximum atomic E-state index is 12.8. The molecule has 0 radical (unpaired) electrons. The van der Waals surface area contributed by atoms with E-state index < -0.39 is 10.0 Å². The molecule has 1 N–H and O–H groups in total. The van der Waals surface area contributed by atoms with Crippen LogP contribution in [0.3, 0.4) is 0 Å². The first kappa shape index (κ1) is 19.9. The number of hydrogen-bond acceptors (Lipinski definition) is 3. The van der Waals surface area contributed by atoms with E-state index in [2.05, 4.69) is 5.32 Å². The van der Waals surface area contributed by atoms with Crippen LogP contribution in [-0.2, 0) is 10.0 Å². The molecule has 0 spiro atoms. The Morgan fingerprint density at radius 3 is 2.48 bits per heavy atom. The van der Waals surface area contributed by atoms with Crippen LogP contribution in [0, 0.1) is 6.92 Å². The van der Waals surface area contributed by atoms with Crippen molar-refractivity contribution in [3.05, 3.63) is 64.2 Å². The average molecular weight is 407 g/mol. The third-order valence-electron chi connectivity index (χ3n) is 4.88. The summed E-state index contributed by atoms with van der Waals surface area (Å²) in [5, 5.41) is 3.49.